The minimum Gasteiger partial charge on any atom is -0.230 e. The zero-order valence-corrected chi connectivity index (χ0v) is 22.8. The van der Waals surface area contributed by atoms with Crippen molar-refractivity contribution in [3.05, 3.63) is 35.4 Å². The van der Waals surface area contributed by atoms with Crippen LogP contribution in [0.15, 0.2) is 24.3 Å². The molecule has 0 N–H and O–H groups in total. The van der Waals surface area contributed by atoms with E-state index in [-0.39, 0.29) is 0 Å². The molecule has 0 amide bonds. The number of hydrogen-bond donors (Lipinski definition) is 0. The van der Waals surface area contributed by atoms with Crippen molar-refractivity contribution in [1.82, 2.24) is 0 Å². The van der Waals surface area contributed by atoms with E-state index in [0.29, 0.717) is 5.56 Å². The molecule has 0 bridgehead atoms. The second-order valence-corrected chi connectivity index (χ2v) is 11.5. The largest absolute Gasteiger partial charge is 0.460 e. The molecule has 1 rings (SSSR count). The summed E-state index contributed by atoms with van der Waals surface area (Å²) < 4.78 is 232. The Bertz CT molecular complexity index is 1090. The molecule has 0 fully saturated rings. The molecular weight excluding hydrogens is 643 g/mol. The van der Waals surface area contributed by atoms with Crippen LogP contribution in [0.25, 0.3) is 0 Å². The van der Waals surface area contributed by atoms with Gasteiger partial charge in [0.1, 0.15) is 6.10 Å². The first-order chi connectivity index (χ1) is 18.5. The van der Waals surface area contributed by atoms with Gasteiger partial charge in [-0.2, -0.15) is 74.6 Å². The van der Waals surface area contributed by atoms with Gasteiger partial charge in [0.15, 0.2) is 0 Å². The lowest BCUT2D eigenvalue weighted by Gasteiger charge is -2.43. The Balaban J connectivity index is 3.67. The van der Waals surface area contributed by atoms with Crippen LogP contribution in [0.4, 0.5) is 74.6 Å². The van der Waals surface area contributed by atoms with Gasteiger partial charge in [0.2, 0.25) is 0 Å². The van der Waals surface area contributed by atoms with Crippen LogP contribution in [-0.4, -0.2) is 53.2 Å². The quantitative estimate of drug-likeness (QED) is 0.133. The Morgan fingerprint density at radius 2 is 0.860 bits per heavy atom. The van der Waals surface area contributed by atoms with E-state index in [1.54, 1.807) is 20.8 Å². The van der Waals surface area contributed by atoms with Crippen molar-refractivity contribution in [2.75, 3.05) is 0 Å². The van der Waals surface area contributed by atoms with E-state index in [4.69, 9.17) is 4.89 Å². The van der Waals surface area contributed by atoms with Crippen molar-refractivity contribution in [2.45, 2.75) is 113 Å². The molecule has 1 aromatic carbocycles. The second kappa shape index (κ2) is 11.1. The van der Waals surface area contributed by atoms with Crippen LogP contribution in [0.2, 0.25) is 0 Å². The van der Waals surface area contributed by atoms with Crippen LogP contribution in [0.3, 0.4) is 0 Å². The summed E-state index contributed by atoms with van der Waals surface area (Å²) in [5, 5.41) is 0. The molecular formula is C24H25F17O2. The van der Waals surface area contributed by atoms with E-state index in [9.17, 15) is 74.6 Å². The first-order valence-electron chi connectivity index (χ1n) is 11.7. The molecule has 1 atom stereocenters. The average molecular weight is 668 g/mol. The molecule has 252 valence electrons. The van der Waals surface area contributed by atoms with Crippen LogP contribution >= 0.6 is 0 Å². The zero-order valence-electron chi connectivity index (χ0n) is 22.8. The van der Waals surface area contributed by atoms with Crippen molar-refractivity contribution < 1.29 is 84.4 Å². The SMILES string of the molecule is CC(C)(C)OOC(CC(F)(F)C(F)(F)C(F)(F)C(F)(F)C(F)(F)C(F)(F)C(F)(F)C(F)(F)F)c1ccc(C(C)(C)C)cc1. The molecule has 0 aliphatic rings. The molecule has 43 heavy (non-hydrogen) atoms. The smallest absolute Gasteiger partial charge is 0.230 e. The van der Waals surface area contributed by atoms with E-state index < -0.39 is 76.7 Å². The van der Waals surface area contributed by atoms with Crippen molar-refractivity contribution in [3.8, 4) is 0 Å². The van der Waals surface area contributed by atoms with Gasteiger partial charge in [0, 0.05) is 0 Å². The summed E-state index contributed by atoms with van der Waals surface area (Å²) in [5.41, 5.74) is -2.12. The van der Waals surface area contributed by atoms with E-state index in [1.807, 2.05) is 0 Å². The van der Waals surface area contributed by atoms with Crippen LogP contribution in [0.1, 0.15) is 65.2 Å². The number of benzene rings is 1. The predicted octanol–water partition coefficient (Wildman–Crippen LogP) is 10.2. The molecule has 1 aromatic rings. The first kappa shape index (κ1) is 39.0. The van der Waals surface area contributed by atoms with E-state index in [2.05, 4.69) is 4.89 Å². The monoisotopic (exact) mass is 668 g/mol. The first-order valence-corrected chi connectivity index (χ1v) is 11.7. The van der Waals surface area contributed by atoms with Gasteiger partial charge in [-0.05, 0) is 37.3 Å². The molecule has 0 radical (unpaired) electrons. The van der Waals surface area contributed by atoms with Crippen molar-refractivity contribution >= 4 is 0 Å². The summed E-state index contributed by atoms with van der Waals surface area (Å²) in [7, 11) is 0. The summed E-state index contributed by atoms with van der Waals surface area (Å²) in [5.74, 6) is -56.9. The Morgan fingerprint density at radius 3 is 1.19 bits per heavy atom. The van der Waals surface area contributed by atoms with Crippen LogP contribution in [0.5, 0.6) is 0 Å². The predicted molar refractivity (Wildman–Crippen MR) is 115 cm³/mol. The standard InChI is InChI=1S/C24H25F17O2/c1-15(2,3)13-9-7-12(8-10-13)14(42-43-16(4,5)6)11-17(25,26)18(27,28)19(29,30)20(31,32)21(33,34)22(35,36)23(37,38)24(39,40)41/h7-10,14H,11H2,1-6H3. The normalized spacial score (nSPS) is 16.4. The van der Waals surface area contributed by atoms with Gasteiger partial charge in [-0.25, -0.2) is 9.78 Å². The molecule has 0 heterocycles. The maximum Gasteiger partial charge on any atom is 0.460 e. The Kier molecular flexibility index (Phi) is 10.0. The van der Waals surface area contributed by atoms with Gasteiger partial charge >= 0.3 is 47.6 Å². The van der Waals surface area contributed by atoms with Gasteiger partial charge in [-0.15, -0.1) is 0 Å². The van der Waals surface area contributed by atoms with Crippen LogP contribution < -0.4 is 0 Å². The number of halogens is 17. The fraction of sp³-hybridized carbons (Fsp3) is 0.750. The maximum atomic E-state index is 14.7. The summed E-state index contributed by atoms with van der Waals surface area (Å²) in [6.07, 6.45) is -13.2. The third-order valence-electron chi connectivity index (χ3n) is 5.79. The Hall–Kier alpha value is -2.05. The van der Waals surface area contributed by atoms with Crippen LogP contribution in [-0.2, 0) is 15.2 Å². The van der Waals surface area contributed by atoms with Crippen molar-refractivity contribution in [2.24, 2.45) is 0 Å². The van der Waals surface area contributed by atoms with Gasteiger partial charge in [-0.3, -0.25) is 0 Å². The molecule has 19 heteroatoms. The highest BCUT2D eigenvalue weighted by molar-refractivity contribution is 5.29. The highest BCUT2D eigenvalue weighted by Gasteiger charge is 2.95. The minimum atomic E-state index is -8.68. The summed E-state index contributed by atoms with van der Waals surface area (Å²) in [6.45, 7) is 8.60. The molecule has 2 nitrogen and oxygen atoms in total. The maximum absolute atomic E-state index is 14.7. The lowest BCUT2D eigenvalue weighted by Crippen LogP contribution is -2.74. The van der Waals surface area contributed by atoms with E-state index in [1.165, 1.54) is 32.9 Å². The highest BCUT2D eigenvalue weighted by atomic mass is 19.4. The molecule has 0 saturated heterocycles. The molecule has 0 aliphatic carbocycles. The van der Waals surface area contributed by atoms with Gasteiger partial charge < -0.3 is 0 Å². The Morgan fingerprint density at radius 1 is 0.512 bits per heavy atom. The van der Waals surface area contributed by atoms with Crippen molar-refractivity contribution in [3.63, 3.8) is 0 Å². The molecule has 0 saturated carbocycles. The fourth-order valence-electron chi connectivity index (χ4n) is 3.17. The fourth-order valence-corrected chi connectivity index (χ4v) is 3.17. The third-order valence-corrected chi connectivity index (χ3v) is 5.79. The summed E-state index contributed by atoms with van der Waals surface area (Å²) in [6, 6.07) is 4.27. The van der Waals surface area contributed by atoms with Gasteiger partial charge in [0.05, 0.1) is 12.0 Å². The van der Waals surface area contributed by atoms with Gasteiger partial charge in [0.25, 0.3) is 0 Å². The van der Waals surface area contributed by atoms with E-state index >= 15 is 0 Å². The van der Waals surface area contributed by atoms with Gasteiger partial charge in [-0.1, -0.05) is 45.0 Å². The van der Waals surface area contributed by atoms with E-state index in [0.717, 1.165) is 12.1 Å². The summed E-state index contributed by atoms with van der Waals surface area (Å²) >= 11 is 0. The lowest BCUT2D eigenvalue weighted by molar-refractivity contribution is -0.463. The minimum absolute atomic E-state index is 0.480. The molecule has 0 aromatic heterocycles. The average Bonchev–Trinajstić information content (AvgIpc) is 2.79. The van der Waals surface area contributed by atoms with Crippen molar-refractivity contribution in [1.29, 1.82) is 0 Å². The zero-order chi connectivity index (χ0) is 34.7. The molecule has 0 aliphatic heterocycles. The molecule has 0 spiro atoms. The topological polar surface area (TPSA) is 18.5 Å². The number of rotatable bonds is 11. The number of alkyl halides is 17. The Labute approximate surface area is 233 Å². The molecule has 1 unspecified atom stereocenters. The number of hydrogen-bond acceptors (Lipinski definition) is 2. The third kappa shape index (κ3) is 6.81. The highest BCUT2D eigenvalue weighted by Crippen LogP contribution is 2.64. The summed E-state index contributed by atoms with van der Waals surface area (Å²) in [4.78, 5) is 9.31. The second-order valence-electron chi connectivity index (χ2n) is 11.5. The lowest BCUT2D eigenvalue weighted by atomic mass is 9.85. The van der Waals surface area contributed by atoms with Crippen LogP contribution in [0, 0.1) is 0 Å².